The maximum atomic E-state index is 5.26. The summed E-state index contributed by atoms with van der Waals surface area (Å²) in [5, 5.41) is 0. The van der Waals surface area contributed by atoms with Gasteiger partial charge in [0.25, 0.3) is 0 Å². The van der Waals surface area contributed by atoms with Crippen molar-refractivity contribution in [2.75, 3.05) is 7.11 Å². The molecule has 0 spiro atoms. The lowest BCUT2D eigenvalue weighted by atomic mass is 9.74. The minimum absolute atomic E-state index is 0.554. The maximum absolute atomic E-state index is 5.26. The Kier molecular flexibility index (Phi) is 4.00. The summed E-state index contributed by atoms with van der Waals surface area (Å²) in [6, 6.07) is 14.8. The third-order valence-electron chi connectivity index (χ3n) is 4.38. The van der Waals surface area contributed by atoms with E-state index >= 15 is 0 Å². The van der Waals surface area contributed by atoms with Crippen molar-refractivity contribution in [1.82, 2.24) is 4.98 Å². The minimum Gasteiger partial charge on any atom is -0.497 e. The Hall–Kier alpha value is -1.83. The normalized spacial score (nSPS) is 22.4. The summed E-state index contributed by atoms with van der Waals surface area (Å²) in [6.07, 6.45) is 7.05. The lowest BCUT2D eigenvalue weighted by molar-refractivity contribution is 0.379. The molecule has 2 heteroatoms. The van der Waals surface area contributed by atoms with Crippen molar-refractivity contribution < 1.29 is 4.74 Å². The first kappa shape index (κ1) is 13.2. The summed E-state index contributed by atoms with van der Waals surface area (Å²) >= 11 is 0. The number of aromatic nitrogens is 1. The van der Waals surface area contributed by atoms with Crippen LogP contribution in [-0.4, -0.2) is 12.1 Å². The summed E-state index contributed by atoms with van der Waals surface area (Å²) in [4.78, 5) is 4.59. The number of methoxy groups -OCH3 is 1. The maximum Gasteiger partial charge on any atom is 0.118 e. The molecule has 1 saturated carbocycles. The van der Waals surface area contributed by atoms with E-state index in [1.54, 1.807) is 7.11 Å². The monoisotopic (exact) mass is 267 g/mol. The van der Waals surface area contributed by atoms with Gasteiger partial charge in [-0.3, -0.25) is 4.98 Å². The molecule has 0 saturated heterocycles. The molecule has 0 unspecified atom stereocenters. The van der Waals surface area contributed by atoms with Gasteiger partial charge in [-0.25, -0.2) is 0 Å². The largest absolute Gasteiger partial charge is 0.497 e. The molecule has 2 atom stereocenters. The number of nitrogens with zero attached hydrogens (tertiary/aromatic N) is 1. The molecule has 0 amide bonds. The number of hydrogen-bond donors (Lipinski definition) is 0. The quantitative estimate of drug-likeness (QED) is 0.815. The molecule has 104 valence electrons. The highest BCUT2D eigenvalue weighted by atomic mass is 16.5. The van der Waals surface area contributed by atoms with E-state index < -0.39 is 0 Å². The van der Waals surface area contributed by atoms with Crippen molar-refractivity contribution in [2.24, 2.45) is 0 Å². The lowest BCUT2D eigenvalue weighted by Crippen LogP contribution is -2.17. The van der Waals surface area contributed by atoms with Crippen LogP contribution in [0.1, 0.15) is 48.8 Å². The number of benzene rings is 1. The van der Waals surface area contributed by atoms with Gasteiger partial charge in [0, 0.05) is 17.8 Å². The summed E-state index contributed by atoms with van der Waals surface area (Å²) in [5.74, 6) is 2.07. The first-order valence-electron chi connectivity index (χ1n) is 7.43. The fourth-order valence-corrected chi connectivity index (χ4v) is 3.33. The number of rotatable bonds is 3. The second-order valence-electron chi connectivity index (χ2n) is 5.53. The first-order valence-corrected chi connectivity index (χ1v) is 7.43. The minimum atomic E-state index is 0.554. The van der Waals surface area contributed by atoms with Crippen LogP contribution in [0.3, 0.4) is 0 Å². The Morgan fingerprint density at radius 3 is 2.35 bits per heavy atom. The van der Waals surface area contributed by atoms with Gasteiger partial charge in [-0.05, 0) is 48.6 Å². The van der Waals surface area contributed by atoms with Crippen LogP contribution in [0.4, 0.5) is 0 Å². The van der Waals surface area contributed by atoms with Crippen molar-refractivity contribution in [3.05, 3.63) is 59.9 Å². The van der Waals surface area contributed by atoms with Gasteiger partial charge in [-0.15, -0.1) is 0 Å². The van der Waals surface area contributed by atoms with Crippen LogP contribution in [0.25, 0.3) is 0 Å². The van der Waals surface area contributed by atoms with Crippen molar-refractivity contribution in [3.8, 4) is 5.75 Å². The van der Waals surface area contributed by atoms with E-state index in [1.807, 2.05) is 12.3 Å². The zero-order valence-electron chi connectivity index (χ0n) is 12.0. The van der Waals surface area contributed by atoms with Crippen LogP contribution >= 0.6 is 0 Å². The molecule has 0 radical (unpaired) electrons. The van der Waals surface area contributed by atoms with E-state index in [9.17, 15) is 0 Å². The van der Waals surface area contributed by atoms with E-state index in [0.29, 0.717) is 11.8 Å². The van der Waals surface area contributed by atoms with Crippen molar-refractivity contribution in [2.45, 2.75) is 37.5 Å². The van der Waals surface area contributed by atoms with E-state index in [2.05, 4.69) is 41.4 Å². The average Bonchev–Trinajstić information content (AvgIpc) is 2.56. The lowest BCUT2D eigenvalue weighted by Gasteiger charge is -2.31. The van der Waals surface area contributed by atoms with E-state index in [1.165, 1.54) is 36.9 Å². The highest BCUT2D eigenvalue weighted by molar-refractivity contribution is 5.32. The number of hydrogen-bond acceptors (Lipinski definition) is 2. The third kappa shape index (κ3) is 2.69. The molecule has 2 aromatic rings. The van der Waals surface area contributed by atoms with E-state index in [-0.39, 0.29) is 0 Å². The van der Waals surface area contributed by atoms with Gasteiger partial charge in [-0.1, -0.05) is 31.0 Å². The second-order valence-corrected chi connectivity index (χ2v) is 5.53. The molecule has 20 heavy (non-hydrogen) atoms. The molecule has 0 aliphatic heterocycles. The SMILES string of the molecule is COc1ccc([C@H]2CCCC[C@@H]2c2ccccn2)cc1. The summed E-state index contributed by atoms with van der Waals surface area (Å²) in [5.41, 5.74) is 2.66. The van der Waals surface area contributed by atoms with Crippen LogP contribution in [0.15, 0.2) is 48.7 Å². The predicted molar refractivity (Wildman–Crippen MR) is 81.2 cm³/mol. The molecular weight excluding hydrogens is 246 g/mol. The molecule has 0 N–H and O–H groups in total. The van der Waals surface area contributed by atoms with Gasteiger partial charge in [0.05, 0.1) is 7.11 Å². The molecular formula is C18H21NO. The average molecular weight is 267 g/mol. The Morgan fingerprint density at radius 2 is 1.70 bits per heavy atom. The molecule has 1 aliphatic carbocycles. The topological polar surface area (TPSA) is 22.1 Å². The highest BCUT2D eigenvalue weighted by Gasteiger charge is 2.28. The molecule has 1 aromatic heterocycles. The Labute approximate surface area is 120 Å². The summed E-state index contributed by atoms with van der Waals surface area (Å²) in [6.45, 7) is 0. The van der Waals surface area contributed by atoms with Crippen LogP contribution in [0.5, 0.6) is 5.75 Å². The van der Waals surface area contributed by atoms with Crippen LogP contribution in [0.2, 0.25) is 0 Å². The van der Waals surface area contributed by atoms with E-state index in [0.717, 1.165) is 5.75 Å². The number of ether oxygens (including phenoxy) is 1. The standard InChI is InChI=1S/C18H21NO/c1-20-15-11-9-14(10-12-15)16-6-2-3-7-17(16)18-8-4-5-13-19-18/h4-5,8-13,16-17H,2-3,6-7H2,1H3/t16-,17+/m1/s1. The molecule has 1 aliphatic rings. The molecule has 1 fully saturated rings. The van der Waals surface area contributed by atoms with Gasteiger partial charge in [0.2, 0.25) is 0 Å². The Bertz CT molecular complexity index is 535. The van der Waals surface area contributed by atoms with Crippen molar-refractivity contribution >= 4 is 0 Å². The smallest absolute Gasteiger partial charge is 0.118 e. The zero-order chi connectivity index (χ0) is 13.8. The van der Waals surface area contributed by atoms with Crippen LogP contribution in [-0.2, 0) is 0 Å². The Morgan fingerprint density at radius 1 is 0.950 bits per heavy atom. The zero-order valence-corrected chi connectivity index (χ0v) is 12.0. The molecule has 0 bridgehead atoms. The van der Waals surface area contributed by atoms with Crippen LogP contribution in [0, 0.1) is 0 Å². The number of pyridine rings is 1. The molecule has 1 heterocycles. The molecule has 3 rings (SSSR count). The second kappa shape index (κ2) is 6.08. The van der Waals surface area contributed by atoms with Gasteiger partial charge in [0.15, 0.2) is 0 Å². The predicted octanol–water partition coefficient (Wildman–Crippen LogP) is 4.53. The fourth-order valence-electron chi connectivity index (χ4n) is 3.33. The molecule has 1 aromatic carbocycles. The Balaban J connectivity index is 1.88. The van der Waals surface area contributed by atoms with Gasteiger partial charge < -0.3 is 4.74 Å². The van der Waals surface area contributed by atoms with Gasteiger partial charge >= 0.3 is 0 Å². The van der Waals surface area contributed by atoms with Gasteiger partial charge in [-0.2, -0.15) is 0 Å². The van der Waals surface area contributed by atoms with Crippen molar-refractivity contribution in [1.29, 1.82) is 0 Å². The highest BCUT2D eigenvalue weighted by Crippen LogP contribution is 2.43. The van der Waals surface area contributed by atoms with Crippen molar-refractivity contribution in [3.63, 3.8) is 0 Å². The first-order chi connectivity index (χ1) is 9.88. The van der Waals surface area contributed by atoms with E-state index in [4.69, 9.17) is 4.74 Å². The van der Waals surface area contributed by atoms with Gasteiger partial charge in [0.1, 0.15) is 5.75 Å². The third-order valence-corrected chi connectivity index (χ3v) is 4.38. The van der Waals surface area contributed by atoms with Crippen LogP contribution < -0.4 is 4.74 Å². The summed E-state index contributed by atoms with van der Waals surface area (Å²) in [7, 11) is 1.71. The fraction of sp³-hybridized carbons (Fsp3) is 0.389. The molecule has 2 nitrogen and oxygen atoms in total. The summed E-state index contributed by atoms with van der Waals surface area (Å²) < 4.78 is 5.26.